The summed E-state index contributed by atoms with van der Waals surface area (Å²) in [6, 6.07) is 0. The second-order valence-corrected chi connectivity index (χ2v) is 3.63. The van der Waals surface area contributed by atoms with Crippen LogP contribution in [0.5, 0.6) is 0 Å². The van der Waals surface area contributed by atoms with Crippen LogP contribution in [0.15, 0.2) is 14.2 Å². The van der Waals surface area contributed by atoms with Crippen LogP contribution in [0.2, 0.25) is 0 Å². The van der Waals surface area contributed by atoms with E-state index in [1.807, 2.05) is 6.92 Å². The molecule has 0 aromatic carbocycles. The van der Waals surface area contributed by atoms with Gasteiger partial charge in [0.2, 0.25) is 0 Å². The lowest BCUT2D eigenvalue weighted by Gasteiger charge is -1.99. The Morgan fingerprint density at radius 2 is 1.90 bits per heavy atom. The number of aryl methyl sites for hydroxylation is 1. The molecule has 0 amide bonds. The molecule has 1 aromatic rings. The van der Waals surface area contributed by atoms with Crippen LogP contribution in [0.25, 0.3) is 0 Å². The predicted molar refractivity (Wildman–Crippen MR) is 49.4 cm³/mol. The summed E-state index contributed by atoms with van der Waals surface area (Å²) >= 11 is 10.6. The highest BCUT2D eigenvalue weighted by molar-refractivity contribution is 9.11. The van der Waals surface area contributed by atoms with Gasteiger partial charge < -0.3 is 0 Å². The van der Waals surface area contributed by atoms with Crippen LogP contribution in [0.4, 0.5) is 0 Å². The molecular weight excluding hydrogens is 280 g/mol. The normalized spacial score (nSPS) is 10.0. The maximum absolute atomic E-state index is 4.17. The highest BCUT2D eigenvalue weighted by Crippen LogP contribution is 2.21. The van der Waals surface area contributed by atoms with Gasteiger partial charge in [0.15, 0.2) is 4.73 Å². The van der Waals surface area contributed by atoms with Crippen LogP contribution in [0.3, 0.4) is 0 Å². The Morgan fingerprint density at radius 3 is 2.40 bits per heavy atom. The van der Waals surface area contributed by atoms with Crippen molar-refractivity contribution in [1.29, 1.82) is 0 Å². The van der Waals surface area contributed by atoms with Crippen molar-refractivity contribution in [2.24, 2.45) is 0 Å². The zero-order valence-corrected chi connectivity index (χ0v) is 9.16. The Kier molecular flexibility index (Phi) is 2.71. The molecule has 1 rings (SSSR count). The Bertz CT molecular complexity index is 241. The number of hydrogen-bond acceptors (Lipinski definition) is 3. The molecule has 10 heavy (non-hydrogen) atoms. The highest BCUT2D eigenvalue weighted by atomic mass is 79.9. The van der Waals surface area contributed by atoms with Crippen molar-refractivity contribution in [3.63, 3.8) is 0 Å². The van der Waals surface area contributed by atoms with E-state index < -0.39 is 0 Å². The molecule has 1 heterocycles. The number of rotatable bonds is 0. The Hall–Kier alpha value is 0.390. The number of halogens is 2. The number of nitrogens with zero attached hydrogens (tertiary/aromatic N) is 2. The SMILES string of the molecule is Cc1nc(Br)nc(Br)c1S. The van der Waals surface area contributed by atoms with Crippen LogP contribution in [0.1, 0.15) is 5.69 Å². The second-order valence-electron chi connectivity index (χ2n) is 1.72. The average molecular weight is 284 g/mol. The van der Waals surface area contributed by atoms with Gasteiger partial charge in [0.05, 0.1) is 10.6 Å². The molecule has 0 bridgehead atoms. The molecule has 0 saturated carbocycles. The molecule has 0 aliphatic carbocycles. The van der Waals surface area contributed by atoms with E-state index >= 15 is 0 Å². The van der Waals surface area contributed by atoms with Gasteiger partial charge in [-0.25, -0.2) is 9.97 Å². The van der Waals surface area contributed by atoms with E-state index in [1.54, 1.807) is 0 Å². The standard InChI is InChI=1S/C5H4Br2N2S/c1-2-3(10)4(6)9-5(7)8-2/h10H,1H3. The minimum Gasteiger partial charge on any atom is -0.226 e. The Labute approximate surface area is 81.1 Å². The fourth-order valence-corrected chi connectivity index (χ4v) is 1.74. The van der Waals surface area contributed by atoms with E-state index in [0.29, 0.717) is 4.73 Å². The van der Waals surface area contributed by atoms with Gasteiger partial charge in [0.1, 0.15) is 4.60 Å². The highest BCUT2D eigenvalue weighted by Gasteiger charge is 2.02. The first-order valence-electron chi connectivity index (χ1n) is 2.50. The third-order valence-electron chi connectivity index (χ3n) is 0.988. The third-order valence-corrected chi connectivity index (χ3v) is 2.76. The molecule has 1 aromatic heterocycles. The smallest absolute Gasteiger partial charge is 0.197 e. The molecule has 0 aliphatic rings. The molecule has 0 unspecified atom stereocenters. The Balaban J connectivity index is 3.31. The van der Waals surface area contributed by atoms with Crippen molar-refractivity contribution in [3.05, 3.63) is 15.0 Å². The van der Waals surface area contributed by atoms with Crippen molar-refractivity contribution in [3.8, 4) is 0 Å². The molecule has 0 radical (unpaired) electrons. The molecule has 0 saturated heterocycles. The maximum atomic E-state index is 4.17. The molecule has 0 aliphatic heterocycles. The molecular formula is C5H4Br2N2S. The van der Waals surface area contributed by atoms with Gasteiger partial charge in [-0.3, -0.25) is 0 Å². The van der Waals surface area contributed by atoms with E-state index in [9.17, 15) is 0 Å². The average Bonchev–Trinajstić information content (AvgIpc) is 1.82. The topological polar surface area (TPSA) is 25.8 Å². The zero-order valence-electron chi connectivity index (χ0n) is 5.10. The molecule has 0 fully saturated rings. The van der Waals surface area contributed by atoms with Crippen molar-refractivity contribution >= 4 is 44.5 Å². The first-order chi connectivity index (χ1) is 4.61. The molecule has 5 heteroatoms. The van der Waals surface area contributed by atoms with Crippen LogP contribution >= 0.6 is 44.5 Å². The zero-order chi connectivity index (χ0) is 7.72. The fraction of sp³-hybridized carbons (Fsp3) is 0.200. The summed E-state index contributed by atoms with van der Waals surface area (Å²) in [6.07, 6.45) is 0. The first kappa shape index (κ1) is 8.49. The summed E-state index contributed by atoms with van der Waals surface area (Å²) in [6.45, 7) is 1.87. The van der Waals surface area contributed by atoms with Gasteiger partial charge in [-0.1, -0.05) is 0 Å². The summed E-state index contributed by atoms with van der Waals surface area (Å²) in [7, 11) is 0. The van der Waals surface area contributed by atoms with Crippen molar-refractivity contribution in [2.75, 3.05) is 0 Å². The fourth-order valence-electron chi connectivity index (χ4n) is 0.500. The Morgan fingerprint density at radius 1 is 1.30 bits per heavy atom. The monoisotopic (exact) mass is 282 g/mol. The van der Waals surface area contributed by atoms with Gasteiger partial charge in [-0.05, 0) is 38.8 Å². The van der Waals surface area contributed by atoms with E-state index in [1.165, 1.54) is 0 Å². The first-order valence-corrected chi connectivity index (χ1v) is 4.53. The van der Waals surface area contributed by atoms with E-state index in [0.717, 1.165) is 15.2 Å². The molecule has 54 valence electrons. The largest absolute Gasteiger partial charge is 0.226 e. The summed E-state index contributed by atoms with van der Waals surface area (Å²) in [5.41, 5.74) is 0.858. The minimum absolute atomic E-state index is 0.578. The third kappa shape index (κ3) is 1.71. The predicted octanol–water partition coefficient (Wildman–Crippen LogP) is 2.60. The van der Waals surface area contributed by atoms with Crippen molar-refractivity contribution in [2.45, 2.75) is 11.8 Å². The molecule has 2 nitrogen and oxygen atoms in total. The van der Waals surface area contributed by atoms with Crippen molar-refractivity contribution < 1.29 is 0 Å². The number of hydrogen-bond donors (Lipinski definition) is 1. The van der Waals surface area contributed by atoms with Crippen LogP contribution in [-0.2, 0) is 0 Å². The second kappa shape index (κ2) is 3.19. The lowest BCUT2D eigenvalue weighted by molar-refractivity contribution is 0.968. The van der Waals surface area contributed by atoms with Gasteiger partial charge in [-0.15, -0.1) is 12.6 Å². The maximum Gasteiger partial charge on any atom is 0.197 e. The van der Waals surface area contributed by atoms with E-state index in [4.69, 9.17) is 0 Å². The molecule has 0 atom stereocenters. The van der Waals surface area contributed by atoms with Gasteiger partial charge in [0.25, 0.3) is 0 Å². The van der Waals surface area contributed by atoms with Crippen LogP contribution in [-0.4, -0.2) is 9.97 Å². The van der Waals surface area contributed by atoms with Crippen LogP contribution in [0, 0.1) is 6.92 Å². The molecule has 0 spiro atoms. The van der Waals surface area contributed by atoms with E-state index in [-0.39, 0.29) is 0 Å². The number of thiol groups is 1. The lowest BCUT2D eigenvalue weighted by atomic mass is 10.5. The van der Waals surface area contributed by atoms with Gasteiger partial charge in [-0.2, -0.15) is 0 Å². The summed E-state index contributed by atoms with van der Waals surface area (Å²) < 4.78 is 1.30. The summed E-state index contributed by atoms with van der Waals surface area (Å²) in [5.74, 6) is 0. The quantitative estimate of drug-likeness (QED) is 0.450. The van der Waals surface area contributed by atoms with E-state index in [2.05, 4.69) is 54.5 Å². The lowest BCUT2D eigenvalue weighted by Crippen LogP contribution is -1.89. The minimum atomic E-state index is 0.578. The number of aromatic nitrogens is 2. The van der Waals surface area contributed by atoms with Crippen LogP contribution < -0.4 is 0 Å². The summed E-state index contributed by atoms with van der Waals surface area (Å²) in [4.78, 5) is 8.79. The van der Waals surface area contributed by atoms with Gasteiger partial charge >= 0.3 is 0 Å². The summed E-state index contributed by atoms with van der Waals surface area (Å²) in [5, 5.41) is 0. The van der Waals surface area contributed by atoms with Crippen molar-refractivity contribution in [1.82, 2.24) is 9.97 Å². The molecule has 0 N–H and O–H groups in total. The van der Waals surface area contributed by atoms with Gasteiger partial charge in [0, 0.05) is 0 Å².